The van der Waals surface area contributed by atoms with E-state index in [9.17, 15) is 8.42 Å². The molecule has 0 saturated heterocycles. The van der Waals surface area contributed by atoms with Gasteiger partial charge in [-0.15, -0.1) is 0 Å². The maximum absolute atomic E-state index is 10.9. The minimum absolute atomic E-state index is 0.0911. The number of hydrogen-bond acceptors (Lipinski definition) is 2. The molecule has 0 fully saturated rings. The molecular formula is C9H14O2S. The Balaban J connectivity index is 4.42. The van der Waals surface area contributed by atoms with Crippen molar-refractivity contribution in [3.05, 3.63) is 36.5 Å². The Hall–Kier alpha value is -0.830. The van der Waals surface area contributed by atoms with Gasteiger partial charge in [-0.3, -0.25) is 0 Å². The first kappa shape index (κ1) is 11.2. The van der Waals surface area contributed by atoms with Crippen LogP contribution in [0.5, 0.6) is 0 Å². The quantitative estimate of drug-likeness (QED) is 0.626. The van der Waals surface area contributed by atoms with Gasteiger partial charge in [0.2, 0.25) is 0 Å². The monoisotopic (exact) mass is 186 g/mol. The van der Waals surface area contributed by atoms with E-state index < -0.39 is 9.84 Å². The van der Waals surface area contributed by atoms with Crippen LogP contribution in [0.15, 0.2) is 36.5 Å². The molecule has 0 unspecified atom stereocenters. The smallest absolute Gasteiger partial charge is 0.151 e. The second kappa shape index (κ2) is 4.93. The molecule has 0 N–H and O–H groups in total. The molecule has 0 aliphatic heterocycles. The number of rotatable bonds is 4. The van der Waals surface area contributed by atoms with Crippen molar-refractivity contribution in [2.45, 2.75) is 6.92 Å². The van der Waals surface area contributed by atoms with Crippen LogP contribution in [-0.4, -0.2) is 20.4 Å². The van der Waals surface area contributed by atoms with Crippen LogP contribution in [0.3, 0.4) is 0 Å². The molecule has 2 nitrogen and oxygen atoms in total. The van der Waals surface area contributed by atoms with Gasteiger partial charge in [-0.05, 0) is 12.5 Å². The van der Waals surface area contributed by atoms with Crippen molar-refractivity contribution in [2.75, 3.05) is 12.0 Å². The molecule has 0 bridgehead atoms. The maximum atomic E-state index is 10.9. The highest BCUT2D eigenvalue weighted by Gasteiger charge is 2.02. The Bertz CT molecular complexity index is 294. The Labute approximate surface area is 74.2 Å². The van der Waals surface area contributed by atoms with E-state index in [1.54, 1.807) is 24.3 Å². The molecule has 0 amide bonds. The molecule has 0 radical (unpaired) electrons. The van der Waals surface area contributed by atoms with E-state index in [4.69, 9.17) is 0 Å². The van der Waals surface area contributed by atoms with Crippen molar-refractivity contribution in [3.8, 4) is 0 Å². The fraction of sp³-hybridized carbons (Fsp3) is 0.333. The van der Waals surface area contributed by atoms with Gasteiger partial charge in [0, 0.05) is 6.26 Å². The van der Waals surface area contributed by atoms with Gasteiger partial charge < -0.3 is 0 Å². The van der Waals surface area contributed by atoms with Gasteiger partial charge in [0.05, 0.1) is 5.75 Å². The lowest BCUT2D eigenvalue weighted by Gasteiger charge is -1.97. The van der Waals surface area contributed by atoms with Crippen molar-refractivity contribution in [2.24, 2.45) is 0 Å². The highest BCUT2D eigenvalue weighted by molar-refractivity contribution is 7.90. The molecule has 0 atom stereocenters. The van der Waals surface area contributed by atoms with Crippen LogP contribution < -0.4 is 0 Å². The summed E-state index contributed by atoms with van der Waals surface area (Å²) in [7, 11) is -2.92. The molecule has 3 heteroatoms. The van der Waals surface area contributed by atoms with Crippen LogP contribution in [0.2, 0.25) is 0 Å². The molecule has 0 aliphatic rings. The van der Waals surface area contributed by atoms with Gasteiger partial charge in [0.1, 0.15) is 0 Å². The molecule has 0 heterocycles. The summed E-state index contributed by atoms with van der Waals surface area (Å²) in [5, 5.41) is 0. The zero-order valence-electron chi connectivity index (χ0n) is 7.45. The lowest BCUT2D eigenvalue weighted by molar-refractivity contribution is 0.604. The Morgan fingerprint density at radius 1 is 1.50 bits per heavy atom. The van der Waals surface area contributed by atoms with Crippen LogP contribution >= 0.6 is 0 Å². The predicted octanol–water partition coefficient (Wildman–Crippen LogP) is 1.72. The molecule has 0 aromatic rings. The molecule has 0 saturated carbocycles. The van der Waals surface area contributed by atoms with Crippen molar-refractivity contribution >= 4 is 9.84 Å². The third kappa shape index (κ3) is 5.92. The summed E-state index contributed by atoms with van der Waals surface area (Å²) in [6, 6.07) is 0. The van der Waals surface area contributed by atoms with E-state index in [1.807, 2.05) is 6.92 Å². The van der Waals surface area contributed by atoms with E-state index >= 15 is 0 Å². The normalized spacial score (nSPS) is 13.7. The first-order chi connectivity index (χ1) is 5.49. The van der Waals surface area contributed by atoms with E-state index in [1.165, 1.54) is 6.26 Å². The summed E-state index contributed by atoms with van der Waals surface area (Å²) < 4.78 is 21.7. The average molecular weight is 186 g/mol. The zero-order valence-corrected chi connectivity index (χ0v) is 8.26. The Kier molecular flexibility index (Phi) is 4.59. The molecule has 0 aliphatic carbocycles. The SMILES string of the molecule is C=CC=CC(=CC)CS(C)(=O)=O. The number of hydrogen-bond donors (Lipinski definition) is 0. The summed E-state index contributed by atoms with van der Waals surface area (Å²) in [6.45, 7) is 5.31. The van der Waals surface area contributed by atoms with Crippen molar-refractivity contribution in [1.82, 2.24) is 0 Å². The molecule has 68 valence electrons. The first-order valence-electron chi connectivity index (χ1n) is 3.61. The summed E-state index contributed by atoms with van der Waals surface area (Å²) in [5.74, 6) is 0.0911. The van der Waals surface area contributed by atoms with E-state index in [2.05, 4.69) is 6.58 Å². The van der Waals surface area contributed by atoms with Crippen LogP contribution in [0, 0.1) is 0 Å². The number of sulfone groups is 1. The topological polar surface area (TPSA) is 34.1 Å². The largest absolute Gasteiger partial charge is 0.229 e. The van der Waals surface area contributed by atoms with Crippen LogP contribution in [0.25, 0.3) is 0 Å². The summed E-state index contributed by atoms with van der Waals surface area (Å²) in [6.07, 6.45) is 8.08. The van der Waals surface area contributed by atoms with Crippen LogP contribution in [0.4, 0.5) is 0 Å². The Morgan fingerprint density at radius 2 is 2.08 bits per heavy atom. The van der Waals surface area contributed by atoms with E-state index in [-0.39, 0.29) is 5.75 Å². The van der Waals surface area contributed by atoms with Gasteiger partial charge in [-0.2, -0.15) is 0 Å². The van der Waals surface area contributed by atoms with Crippen LogP contribution in [0.1, 0.15) is 6.92 Å². The van der Waals surface area contributed by atoms with E-state index in [0.29, 0.717) is 0 Å². The lowest BCUT2D eigenvalue weighted by Crippen LogP contribution is -2.04. The third-order valence-corrected chi connectivity index (χ3v) is 2.10. The lowest BCUT2D eigenvalue weighted by atomic mass is 10.2. The standard InChI is InChI=1S/C9H14O2S/c1-4-6-7-9(5-2)8-12(3,10)11/h4-7H,1,8H2,2-3H3. The summed E-state index contributed by atoms with van der Waals surface area (Å²) in [5.41, 5.74) is 0.789. The highest BCUT2D eigenvalue weighted by Crippen LogP contribution is 2.01. The zero-order chi connectivity index (χ0) is 9.61. The second-order valence-electron chi connectivity index (χ2n) is 2.53. The first-order valence-corrected chi connectivity index (χ1v) is 5.67. The molecular weight excluding hydrogens is 172 g/mol. The van der Waals surface area contributed by atoms with Crippen LogP contribution in [-0.2, 0) is 9.84 Å². The maximum Gasteiger partial charge on any atom is 0.151 e. The van der Waals surface area contributed by atoms with Gasteiger partial charge in [0.25, 0.3) is 0 Å². The summed E-state index contributed by atoms with van der Waals surface area (Å²) in [4.78, 5) is 0. The molecule has 0 spiro atoms. The Morgan fingerprint density at radius 3 is 2.42 bits per heavy atom. The fourth-order valence-corrected chi connectivity index (χ4v) is 1.59. The minimum Gasteiger partial charge on any atom is -0.229 e. The minimum atomic E-state index is -2.92. The fourth-order valence-electron chi connectivity index (χ4n) is 0.722. The average Bonchev–Trinajstić information content (AvgIpc) is 1.95. The van der Waals surface area contributed by atoms with Crippen molar-refractivity contribution in [3.63, 3.8) is 0 Å². The molecule has 12 heavy (non-hydrogen) atoms. The van der Waals surface area contributed by atoms with Gasteiger partial charge >= 0.3 is 0 Å². The molecule has 0 rings (SSSR count). The number of allylic oxidation sites excluding steroid dienone is 4. The highest BCUT2D eigenvalue weighted by atomic mass is 32.2. The van der Waals surface area contributed by atoms with Crippen molar-refractivity contribution in [1.29, 1.82) is 0 Å². The van der Waals surface area contributed by atoms with Gasteiger partial charge in [0.15, 0.2) is 9.84 Å². The third-order valence-electron chi connectivity index (χ3n) is 1.25. The molecule has 0 aromatic heterocycles. The van der Waals surface area contributed by atoms with E-state index in [0.717, 1.165) is 5.57 Å². The second-order valence-corrected chi connectivity index (χ2v) is 4.67. The van der Waals surface area contributed by atoms with Crippen molar-refractivity contribution < 1.29 is 8.42 Å². The molecule has 0 aromatic carbocycles. The summed E-state index contributed by atoms with van der Waals surface area (Å²) >= 11 is 0. The van der Waals surface area contributed by atoms with Gasteiger partial charge in [-0.25, -0.2) is 8.42 Å². The predicted molar refractivity (Wildman–Crippen MR) is 52.8 cm³/mol. The van der Waals surface area contributed by atoms with Gasteiger partial charge in [-0.1, -0.05) is 30.9 Å².